The van der Waals surface area contributed by atoms with Crippen molar-refractivity contribution in [3.8, 4) is 0 Å². The molecule has 8 nitrogen and oxygen atoms in total. The van der Waals surface area contributed by atoms with E-state index in [9.17, 15) is 41.8 Å². The van der Waals surface area contributed by atoms with Crippen molar-refractivity contribution in [1.82, 2.24) is 10.2 Å². The minimum Gasteiger partial charge on any atom is -0.395 e. The molecule has 14 heteroatoms. The molecule has 0 aromatic heterocycles. The van der Waals surface area contributed by atoms with Crippen LogP contribution in [0.1, 0.15) is 29.3 Å². The van der Waals surface area contributed by atoms with Gasteiger partial charge in [-0.1, -0.05) is 17.7 Å². The molecule has 2 aromatic carbocycles. The lowest BCUT2D eigenvalue weighted by Gasteiger charge is -2.37. The molecule has 1 heterocycles. The number of carbonyl (C=O) groups is 2. The Hall–Kier alpha value is -3.00. The van der Waals surface area contributed by atoms with Crippen LogP contribution in [0.3, 0.4) is 0 Å². The number of nitrogens with one attached hydrogen (secondary N) is 2. The Morgan fingerprint density at radius 2 is 1.65 bits per heavy atom. The lowest BCUT2D eigenvalue weighted by molar-refractivity contribution is -0.138. The molecule has 3 rings (SSSR count). The molecule has 0 spiro atoms. The largest absolute Gasteiger partial charge is 0.395 e. The normalized spacial score (nSPS) is 14.8. The van der Waals surface area contributed by atoms with E-state index in [1.54, 1.807) is 11.0 Å². The van der Waals surface area contributed by atoms with Gasteiger partial charge >= 0.3 is 6.18 Å². The van der Waals surface area contributed by atoms with Gasteiger partial charge in [0.15, 0.2) is 11.6 Å². The predicted octanol–water partition coefficient (Wildman–Crippen LogP) is 3.55. The molecule has 2 aromatic rings. The van der Waals surface area contributed by atoms with E-state index in [2.05, 4.69) is 10.6 Å². The van der Waals surface area contributed by atoms with Gasteiger partial charge in [-0.05, 0) is 31.2 Å². The molecule has 220 valence electrons. The summed E-state index contributed by atoms with van der Waals surface area (Å²) in [4.78, 5) is 28.6. The highest BCUT2D eigenvalue weighted by Gasteiger charge is 2.32. The zero-order chi connectivity index (χ0) is 29.7. The maximum atomic E-state index is 14.9. The first kappa shape index (κ1) is 31.5. The number of aliphatic hydroxyl groups excluding tert-OH is 2. The molecule has 1 aliphatic heterocycles. The molecule has 0 radical (unpaired) electrons. The van der Waals surface area contributed by atoms with Crippen molar-refractivity contribution < 1.29 is 41.8 Å². The Morgan fingerprint density at radius 1 is 1.00 bits per heavy atom. The van der Waals surface area contributed by atoms with Crippen LogP contribution in [-0.4, -0.2) is 79.0 Å². The first-order valence-corrected chi connectivity index (χ1v) is 12.8. The number of aliphatic hydroxyl groups is 2. The van der Waals surface area contributed by atoms with Gasteiger partial charge in [0.2, 0.25) is 5.91 Å². The van der Waals surface area contributed by atoms with Gasteiger partial charge in [0.05, 0.1) is 42.0 Å². The van der Waals surface area contributed by atoms with Crippen molar-refractivity contribution in [3.63, 3.8) is 0 Å². The van der Waals surface area contributed by atoms with Crippen molar-refractivity contribution in [2.75, 3.05) is 56.2 Å². The van der Waals surface area contributed by atoms with E-state index in [4.69, 9.17) is 11.6 Å². The summed E-state index contributed by atoms with van der Waals surface area (Å²) in [6.07, 6.45) is -5.16. The van der Waals surface area contributed by atoms with Gasteiger partial charge in [-0.25, -0.2) is 8.78 Å². The third-order valence-electron chi connectivity index (χ3n) is 6.72. The maximum absolute atomic E-state index is 14.9. The number of hydrogen-bond donors (Lipinski definition) is 4. The molecule has 0 bridgehead atoms. The van der Waals surface area contributed by atoms with E-state index in [0.29, 0.717) is 36.9 Å². The summed E-state index contributed by atoms with van der Waals surface area (Å²) in [5.74, 6) is -4.51. The summed E-state index contributed by atoms with van der Waals surface area (Å²) >= 11 is 6.14. The second-order valence-electron chi connectivity index (χ2n) is 9.77. The lowest BCUT2D eigenvalue weighted by Crippen LogP contribution is -2.47. The number of anilines is 2. The summed E-state index contributed by atoms with van der Waals surface area (Å²) in [7, 11) is 0. The highest BCUT2D eigenvalue weighted by atomic mass is 35.5. The van der Waals surface area contributed by atoms with E-state index in [-0.39, 0.29) is 17.8 Å². The number of rotatable bonds is 10. The van der Waals surface area contributed by atoms with Crippen molar-refractivity contribution in [2.45, 2.75) is 26.1 Å². The van der Waals surface area contributed by atoms with Crippen LogP contribution in [-0.2, 0) is 11.3 Å². The van der Waals surface area contributed by atoms with Crippen molar-refractivity contribution in [3.05, 3.63) is 58.1 Å². The van der Waals surface area contributed by atoms with Crippen LogP contribution in [0, 0.1) is 17.0 Å². The third-order valence-corrected chi connectivity index (χ3v) is 6.96. The molecule has 4 N–H and O–H groups in total. The van der Waals surface area contributed by atoms with Gasteiger partial charge in [0.1, 0.15) is 0 Å². The molecule has 0 saturated carbocycles. The molecule has 1 fully saturated rings. The van der Waals surface area contributed by atoms with Crippen molar-refractivity contribution in [1.29, 1.82) is 0 Å². The maximum Gasteiger partial charge on any atom is 0.390 e. The van der Waals surface area contributed by atoms with Crippen molar-refractivity contribution >= 4 is 34.8 Å². The van der Waals surface area contributed by atoms with E-state index >= 15 is 0 Å². The number of carbonyl (C=O) groups excluding carboxylic acids is 2. The summed E-state index contributed by atoms with van der Waals surface area (Å²) < 4.78 is 67.3. The number of hydrogen-bond acceptors (Lipinski definition) is 6. The molecule has 40 heavy (non-hydrogen) atoms. The fraction of sp³-hybridized carbons (Fsp3) is 0.462. The first-order valence-electron chi connectivity index (χ1n) is 12.4. The Morgan fingerprint density at radius 3 is 2.25 bits per heavy atom. The van der Waals surface area contributed by atoms with Gasteiger partial charge in [0.25, 0.3) is 5.91 Å². The molecule has 1 aliphatic rings. The Balaban J connectivity index is 1.70. The highest BCUT2D eigenvalue weighted by molar-refractivity contribution is 6.31. The monoisotopic (exact) mass is 592 g/mol. The Labute approximate surface area is 232 Å². The van der Waals surface area contributed by atoms with Crippen LogP contribution in [0.25, 0.3) is 0 Å². The summed E-state index contributed by atoms with van der Waals surface area (Å²) in [5.41, 5.74) is -1.63. The second-order valence-corrected chi connectivity index (χ2v) is 10.2. The van der Waals surface area contributed by atoms with Crippen LogP contribution in [0.2, 0.25) is 5.02 Å². The van der Waals surface area contributed by atoms with Crippen LogP contribution in [0.4, 0.5) is 33.3 Å². The fourth-order valence-corrected chi connectivity index (χ4v) is 4.21. The molecule has 0 atom stereocenters. The summed E-state index contributed by atoms with van der Waals surface area (Å²) in [6, 6.07) is 6.74. The SMILES string of the molecule is CC(CO)(CO)C(=O)NCc1ccc(C(=O)Nc2ccc(Cl)cc2N2CCN(CCC(F)(F)F)CC2)c(F)c1F. The molecule has 1 saturated heterocycles. The van der Waals surface area contributed by atoms with Gasteiger partial charge in [-0.2, -0.15) is 13.2 Å². The van der Waals surface area contributed by atoms with Crippen LogP contribution >= 0.6 is 11.6 Å². The Bertz CT molecular complexity index is 1220. The third kappa shape index (κ3) is 7.80. The zero-order valence-corrected chi connectivity index (χ0v) is 22.4. The minimum absolute atomic E-state index is 0.122. The topological polar surface area (TPSA) is 105 Å². The van der Waals surface area contributed by atoms with Gasteiger partial charge < -0.3 is 25.7 Å². The summed E-state index contributed by atoms with van der Waals surface area (Å²) in [5, 5.41) is 23.8. The van der Waals surface area contributed by atoms with Crippen LogP contribution in [0.5, 0.6) is 0 Å². The molecule has 2 amide bonds. The van der Waals surface area contributed by atoms with Crippen molar-refractivity contribution in [2.24, 2.45) is 5.41 Å². The number of nitrogens with zero attached hydrogens (tertiary/aromatic N) is 2. The zero-order valence-electron chi connectivity index (χ0n) is 21.6. The molecular weight excluding hydrogens is 563 g/mol. The highest BCUT2D eigenvalue weighted by Crippen LogP contribution is 2.31. The van der Waals surface area contributed by atoms with E-state index < -0.39 is 66.8 Å². The number of amides is 2. The van der Waals surface area contributed by atoms with Gasteiger partial charge in [0, 0.05) is 49.9 Å². The summed E-state index contributed by atoms with van der Waals surface area (Å²) in [6.45, 7) is 0.820. The lowest BCUT2D eigenvalue weighted by atomic mass is 9.92. The van der Waals surface area contributed by atoms with E-state index in [1.165, 1.54) is 19.1 Å². The number of piperazine rings is 1. The van der Waals surface area contributed by atoms with E-state index in [1.807, 2.05) is 4.90 Å². The Kier molecular flexibility index (Phi) is 10.3. The minimum atomic E-state index is -4.25. The number of alkyl halides is 3. The molecular formula is C26H30ClF5N4O4. The second kappa shape index (κ2) is 13.1. The quantitative estimate of drug-likeness (QED) is 0.315. The van der Waals surface area contributed by atoms with Crippen LogP contribution < -0.4 is 15.5 Å². The number of benzene rings is 2. The molecule has 0 aliphatic carbocycles. The van der Waals surface area contributed by atoms with E-state index in [0.717, 1.165) is 12.1 Å². The smallest absolute Gasteiger partial charge is 0.390 e. The van der Waals surface area contributed by atoms with Crippen LogP contribution in [0.15, 0.2) is 30.3 Å². The number of halogens is 6. The average molecular weight is 593 g/mol. The fourth-order valence-electron chi connectivity index (χ4n) is 4.04. The molecule has 0 unspecified atom stereocenters. The predicted molar refractivity (Wildman–Crippen MR) is 139 cm³/mol. The van der Waals surface area contributed by atoms with Gasteiger partial charge in [-0.15, -0.1) is 0 Å². The first-order chi connectivity index (χ1) is 18.8. The van der Waals surface area contributed by atoms with Gasteiger partial charge in [-0.3, -0.25) is 14.5 Å². The average Bonchev–Trinajstić information content (AvgIpc) is 2.92. The standard InChI is InChI=1S/C26H30ClF5N4O4/c1-25(14-37,15-38)24(40)33-13-16-2-4-18(22(29)21(16)28)23(39)34-19-5-3-17(27)12-20(19)36-10-8-35(9-11-36)7-6-26(30,31)32/h2-5,12,37-38H,6-11,13-15H2,1H3,(H,33,40)(H,34,39).